The fourth-order valence-electron chi connectivity index (χ4n) is 1.60. The summed E-state index contributed by atoms with van der Waals surface area (Å²) in [6.45, 7) is 1.76. The average molecular weight is 329 g/mol. The summed E-state index contributed by atoms with van der Waals surface area (Å²) in [5, 5.41) is 6.34. The van der Waals surface area contributed by atoms with Gasteiger partial charge in [-0.1, -0.05) is 13.3 Å². The minimum absolute atomic E-state index is 0.660. The highest BCUT2D eigenvalue weighted by Crippen LogP contribution is 2.67. The van der Waals surface area contributed by atoms with Crippen molar-refractivity contribution in [3.05, 3.63) is 18.7 Å². The fourth-order valence-corrected chi connectivity index (χ4v) is 3.66. The van der Waals surface area contributed by atoms with E-state index in [9.17, 15) is 14.2 Å². The summed E-state index contributed by atoms with van der Waals surface area (Å²) >= 11 is 0. The number of aliphatic hydroxyl groups is 1. The number of unbranched alkanes of at least 4 members (excludes halogenated alkanes) is 1. The lowest BCUT2D eigenvalue weighted by molar-refractivity contribution is -0.696. The molecule has 1 aromatic rings. The Hall–Kier alpha value is -0.530. The lowest BCUT2D eigenvalue weighted by Gasteiger charge is -2.27. The summed E-state index contributed by atoms with van der Waals surface area (Å²) in [5.74, 6) is 0. The van der Waals surface area contributed by atoms with Gasteiger partial charge < -0.3 is 24.7 Å². The van der Waals surface area contributed by atoms with Crippen LogP contribution in [-0.2, 0) is 22.2 Å². The molecule has 0 aliphatic rings. The van der Waals surface area contributed by atoms with Crippen molar-refractivity contribution in [3.8, 4) is 0 Å². The number of hydrogen-bond acceptors (Lipinski definition) is 3. The predicted molar refractivity (Wildman–Crippen MR) is 68.6 cm³/mol. The standard InChI is InChI=1S/C9H18N2O7P2/c1-2-3-4-10-5-6-11(8-10)7-9(12,19(13,14)15)20(16,17)18/h5-6,8,12H,2-4,7H2,1H3,(H3-,13,14,15,16,17,18)/p+1. The Morgan fingerprint density at radius 3 is 2.20 bits per heavy atom. The van der Waals surface area contributed by atoms with Crippen molar-refractivity contribution in [1.82, 2.24) is 4.57 Å². The second kappa shape index (κ2) is 6.07. The van der Waals surface area contributed by atoms with Crippen LogP contribution in [0.1, 0.15) is 19.8 Å². The van der Waals surface area contributed by atoms with E-state index in [1.54, 1.807) is 10.8 Å². The van der Waals surface area contributed by atoms with E-state index in [-0.39, 0.29) is 0 Å². The second-order valence-corrected chi connectivity index (χ2v) is 8.55. The highest BCUT2D eigenvalue weighted by Gasteiger charge is 2.61. The molecule has 5 N–H and O–H groups in total. The Morgan fingerprint density at radius 1 is 1.20 bits per heavy atom. The number of aryl methyl sites for hydroxylation is 1. The number of imidazole rings is 1. The first-order valence-corrected chi connectivity index (χ1v) is 9.12. The van der Waals surface area contributed by atoms with Gasteiger partial charge in [-0.2, -0.15) is 0 Å². The first kappa shape index (κ1) is 17.5. The largest absolute Gasteiger partial charge is 0.373 e. The molecule has 0 fully saturated rings. The molecule has 0 aliphatic heterocycles. The highest BCUT2D eigenvalue weighted by atomic mass is 31.2. The molecule has 0 unspecified atom stereocenters. The topological polar surface area (TPSA) is 144 Å². The molecule has 1 aromatic heterocycles. The summed E-state index contributed by atoms with van der Waals surface area (Å²) in [5.41, 5.74) is 0. The van der Waals surface area contributed by atoms with Crippen molar-refractivity contribution < 1.29 is 38.4 Å². The normalized spacial score (nSPS) is 13.7. The molecule has 0 spiro atoms. The molecule has 0 amide bonds. The maximum atomic E-state index is 11.2. The van der Waals surface area contributed by atoms with E-state index in [0.717, 1.165) is 17.4 Å². The van der Waals surface area contributed by atoms with Crippen LogP contribution in [-0.4, -0.2) is 34.3 Å². The van der Waals surface area contributed by atoms with Gasteiger partial charge in [0.2, 0.25) is 6.33 Å². The van der Waals surface area contributed by atoms with E-state index in [4.69, 9.17) is 19.6 Å². The van der Waals surface area contributed by atoms with Gasteiger partial charge >= 0.3 is 20.3 Å². The third-order valence-electron chi connectivity index (χ3n) is 2.84. The quantitative estimate of drug-likeness (QED) is 0.337. The van der Waals surface area contributed by atoms with Crippen molar-refractivity contribution in [1.29, 1.82) is 0 Å². The van der Waals surface area contributed by atoms with Crippen LogP contribution in [0.25, 0.3) is 0 Å². The third kappa shape index (κ3) is 3.77. The smallest absolute Gasteiger partial charge is 0.365 e. The van der Waals surface area contributed by atoms with E-state index in [2.05, 4.69) is 0 Å². The lowest BCUT2D eigenvalue weighted by Crippen LogP contribution is -2.35. The van der Waals surface area contributed by atoms with Crippen molar-refractivity contribution >= 4 is 15.2 Å². The Labute approximate surface area is 115 Å². The van der Waals surface area contributed by atoms with Crippen LogP contribution in [0.4, 0.5) is 0 Å². The van der Waals surface area contributed by atoms with Crippen LogP contribution in [0.2, 0.25) is 0 Å². The maximum absolute atomic E-state index is 11.2. The van der Waals surface area contributed by atoms with Crippen molar-refractivity contribution in [2.24, 2.45) is 0 Å². The summed E-state index contributed by atoms with van der Waals surface area (Å²) in [4.78, 5) is 36.1. The van der Waals surface area contributed by atoms with Crippen LogP contribution in [0.5, 0.6) is 0 Å². The molecular weight excluding hydrogens is 310 g/mol. The van der Waals surface area contributed by atoms with Crippen LogP contribution < -0.4 is 4.57 Å². The molecule has 9 nitrogen and oxygen atoms in total. The molecule has 1 rings (SSSR count). The van der Waals surface area contributed by atoms with Gasteiger partial charge in [0.05, 0.1) is 6.54 Å². The van der Waals surface area contributed by atoms with Gasteiger partial charge in [-0.3, -0.25) is 9.13 Å². The summed E-state index contributed by atoms with van der Waals surface area (Å²) in [6.07, 6.45) is 6.23. The monoisotopic (exact) mass is 329 g/mol. The maximum Gasteiger partial charge on any atom is 0.373 e. The van der Waals surface area contributed by atoms with Crippen LogP contribution in [0.15, 0.2) is 18.7 Å². The van der Waals surface area contributed by atoms with Gasteiger partial charge in [0, 0.05) is 0 Å². The Morgan fingerprint density at radius 2 is 1.75 bits per heavy atom. The van der Waals surface area contributed by atoms with E-state index < -0.39 is 26.8 Å². The minimum atomic E-state index is -5.42. The molecule has 0 aromatic carbocycles. The molecule has 0 bridgehead atoms. The van der Waals surface area contributed by atoms with Gasteiger partial charge in [0.25, 0.3) is 0 Å². The zero-order valence-electron chi connectivity index (χ0n) is 10.9. The Kier molecular flexibility index (Phi) is 5.32. The van der Waals surface area contributed by atoms with E-state index >= 15 is 0 Å². The molecule has 1 heterocycles. The molecule has 0 saturated carbocycles. The average Bonchev–Trinajstić information content (AvgIpc) is 2.71. The zero-order chi connectivity index (χ0) is 15.6. The SMILES string of the molecule is CCCC[n+]1ccn(CC(O)(P(=O)(O)O)P(=O)(O)O)c1. The molecular formula is C9H19N2O7P2+. The number of nitrogens with zero attached hydrogens (tertiary/aromatic N) is 2. The second-order valence-electron chi connectivity index (χ2n) is 4.54. The Balaban J connectivity index is 3.01. The van der Waals surface area contributed by atoms with Gasteiger partial charge in [-0.15, -0.1) is 0 Å². The van der Waals surface area contributed by atoms with Crippen molar-refractivity contribution in [2.45, 2.75) is 37.9 Å². The van der Waals surface area contributed by atoms with Gasteiger partial charge in [-0.25, -0.2) is 9.13 Å². The fraction of sp³-hybridized carbons (Fsp3) is 0.667. The van der Waals surface area contributed by atoms with Crippen molar-refractivity contribution in [2.75, 3.05) is 0 Å². The molecule has 0 radical (unpaired) electrons. The van der Waals surface area contributed by atoms with Crippen LogP contribution in [0, 0.1) is 0 Å². The molecule has 11 heteroatoms. The van der Waals surface area contributed by atoms with Crippen LogP contribution in [0.3, 0.4) is 0 Å². The zero-order valence-corrected chi connectivity index (χ0v) is 12.7. The van der Waals surface area contributed by atoms with Gasteiger partial charge in [0.15, 0.2) is 0 Å². The number of rotatable bonds is 7. The lowest BCUT2D eigenvalue weighted by atomic mass is 10.3. The molecule has 116 valence electrons. The summed E-state index contributed by atoms with van der Waals surface area (Å²) < 4.78 is 25.3. The first-order chi connectivity index (χ1) is 9.01. The van der Waals surface area contributed by atoms with Crippen molar-refractivity contribution in [3.63, 3.8) is 0 Å². The third-order valence-corrected chi connectivity index (χ3v) is 6.56. The number of hydrogen-bond donors (Lipinski definition) is 5. The van der Waals surface area contributed by atoms with Gasteiger partial charge in [0.1, 0.15) is 18.9 Å². The minimum Gasteiger partial charge on any atom is -0.365 e. The van der Waals surface area contributed by atoms with E-state index in [1.165, 1.54) is 12.5 Å². The first-order valence-electron chi connectivity index (χ1n) is 5.90. The summed E-state index contributed by atoms with van der Waals surface area (Å²) in [7, 11) is -10.8. The van der Waals surface area contributed by atoms with Gasteiger partial charge in [-0.05, 0) is 6.42 Å². The predicted octanol–water partition coefficient (Wildman–Crippen LogP) is -0.423. The molecule has 0 atom stereocenters. The highest BCUT2D eigenvalue weighted by molar-refractivity contribution is 7.72. The Bertz CT molecular complexity index is 524. The van der Waals surface area contributed by atoms with Crippen LogP contribution >= 0.6 is 15.2 Å². The van der Waals surface area contributed by atoms with E-state index in [1.807, 2.05) is 6.92 Å². The number of aromatic nitrogens is 2. The summed E-state index contributed by atoms with van der Waals surface area (Å²) in [6, 6.07) is 0. The molecule has 0 saturated heterocycles. The van der Waals surface area contributed by atoms with E-state index in [0.29, 0.717) is 6.54 Å². The molecule has 20 heavy (non-hydrogen) atoms. The molecule has 0 aliphatic carbocycles.